The Kier molecular flexibility index (Phi) is 3.98. The van der Waals surface area contributed by atoms with Gasteiger partial charge in [-0.1, -0.05) is 0 Å². The van der Waals surface area contributed by atoms with E-state index in [1.807, 2.05) is 4.90 Å². The molecule has 0 aromatic carbocycles. The van der Waals surface area contributed by atoms with Gasteiger partial charge in [-0.25, -0.2) is 0 Å². The second-order valence-electron chi connectivity index (χ2n) is 4.70. The number of likely N-dealkylation sites (tertiary alicyclic amines) is 1. The highest BCUT2D eigenvalue weighted by Gasteiger charge is 2.40. The molecule has 98 valence electrons. The third-order valence-corrected chi connectivity index (χ3v) is 3.19. The van der Waals surface area contributed by atoms with Crippen molar-refractivity contribution in [3.05, 3.63) is 0 Å². The van der Waals surface area contributed by atoms with Gasteiger partial charge in [0.2, 0.25) is 0 Å². The quantitative estimate of drug-likeness (QED) is 0.705. The Balaban J connectivity index is 1.83. The number of aliphatic hydroxyl groups excluding tert-OH is 1. The van der Waals surface area contributed by atoms with E-state index in [2.05, 4.69) is 0 Å². The first-order chi connectivity index (χ1) is 8.10. The van der Waals surface area contributed by atoms with Crippen molar-refractivity contribution in [1.82, 2.24) is 4.90 Å². The fraction of sp³-hybridized carbons (Fsp3) is 0.909. The second kappa shape index (κ2) is 5.30. The van der Waals surface area contributed by atoms with E-state index in [1.54, 1.807) is 0 Å². The van der Waals surface area contributed by atoms with Gasteiger partial charge in [-0.15, -0.1) is 0 Å². The van der Waals surface area contributed by atoms with Crippen molar-refractivity contribution in [3.63, 3.8) is 0 Å². The lowest BCUT2D eigenvalue weighted by Gasteiger charge is -2.39. The number of β-amino-alcohol motifs (C(OH)–C–C–N with tert-alkyl or cyclic N) is 1. The summed E-state index contributed by atoms with van der Waals surface area (Å²) in [5, 5.41) is 18.2. The summed E-state index contributed by atoms with van der Waals surface area (Å²) < 4.78 is 11.2. The molecule has 2 saturated heterocycles. The highest BCUT2D eigenvalue weighted by molar-refractivity contribution is 5.67. The molecule has 2 fully saturated rings. The van der Waals surface area contributed by atoms with Gasteiger partial charge in [-0.3, -0.25) is 9.69 Å². The summed E-state index contributed by atoms with van der Waals surface area (Å²) in [4.78, 5) is 12.5. The van der Waals surface area contributed by atoms with Crippen LogP contribution >= 0.6 is 0 Å². The maximum absolute atomic E-state index is 10.5. The topological polar surface area (TPSA) is 79.2 Å². The number of carbonyl (C=O) groups is 1. The summed E-state index contributed by atoms with van der Waals surface area (Å²) in [7, 11) is 0. The molecule has 0 aliphatic carbocycles. The van der Waals surface area contributed by atoms with E-state index in [1.165, 1.54) is 0 Å². The van der Waals surface area contributed by atoms with Crippen molar-refractivity contribution in [2.24, 2.45) is 0 Å². The number of rotatable bonds is 4. The number of nitrogens with zero attached hydrogens (tertiary/aromatic N) is 1. The first kappa shape index (κ1) is 12.8. The van der Waals surface area contributed by atoms with Crippen LogP contribution in [0.1, 0.15) is 19.3 Å². The minimum Gasteiger partial charge on any atom is -0.481 e. The lowest BCUT2D eigenvalue weighted by Crippen LogP contribution is -2.50. The number of carboxylic acids is 1. The van der Waals surface area contributed by atoms with Gasteiger partial charge in [0.1, 0.15) is 0 Å². The number of ether oxygens (including phenoxy) is 2. The Hall–Kier alpha value is -0.690. The zero-order chi connectivity index (χ0) is 12.3. The average molecular weight is 245 g/mol. The zero-order valence-corrected chi connectivity index (χ0v) is 9.80. The molecular weight excluding hydrogens is 226 g/mol. The molecule has 0 bridgehead atoms. The fourth-order valence-electron chi connectivity index (χ4n) is 2.52. The van der Waals surface area contributed by atoms with Crippen molar-refractivity contribution in [2.75, 3.05) is 32.8 Å². The lowest BCUT2D eigenvalue weighted by atomic mass is 10.0. The highest BCUT2D eigenvalue weighted by Crippen LogP contribution is 2.30. The van der Waals surface area contributed by atoms with E-state index in [4.69, 9.17) is 14.6 Å². The number of piperidine rings is 1. The van der Waals surface area contributed by atoms with Gasteiger partial charge < -0.3 is 19.7 Å². The molecule has 2 heterocycles. The van der Waals surface area contributed by atoms with Crippen LogP contribution in [0.15, 0.2) is 0 Å². The molecule has 17 heavy (non-hydrogen) atoms. The molecule has 6 heteroatoms. The SMILES string of the molecule is O=C(O)CC(O)CN1CCCC2(C1)OCCO2. The molecular formula is C11H19NO5. The maximum atomic E-state index is 10.5. The number of aliphatic hydroxyl groups is 1. The second-order valence-corrected chi connectivity index (χ2v) is 4.70. The fourth-order valence-corrected chi connectivity index (χ4v) is 2.52. The first-order valence-corrected chi connectivity index (χ1v) is 6.00. The van der Waals surface area contributed by atoms with E-state index >= 15 is 0 Å². The van der Waals surface area contributed by atoms with Crippen LogP contribution in [0, 0.1) is 0 Å². The molecule has 1 atom stereocenters. The Morgan fingerprint density at radius 3 is 2.76 bits per heavy atom. The van der Waals surface area contributed by atoms with Crippen LogP contribution in [0.2, 0.25) is 0 Å². The minimum absolute atomic E-state index is 0.217. The van der Waals surface area contributed by atoms with E-state index < -0.39 is 17.9 Å². The van der Waals surface area contributed by atoms with Crippen molar-refractivity contribution >= 4 is 5.97 Å². The van der Waals surface area contributed by atoms with Crippen LogP contribution in [0.25, 0.3) is 0 Å². The lowest BCUT2D eigenvalue weighted by molar-refractivity contribution is -0.191. The van der Waals surface area contributed by atoms with Crippen molar-refractivity contribution in [3.8, 4) is 0 Å². The molecule has 2 aliphatic heterocycles. The summed E-state index contributed by atoms with van der Waals surface area (Å²) in [6, 6.07) is 0. The predicted molar refractivity (Wildman–Crippen MR) is 58.6 cm³/mol. The van der Waals surface area contributed by atoms with Gasteiger partial charge in [0.05, 0.1) is 32.3 Å². The van der Waals surface area contributed by atoms with Crippen LogP contribution in [-0.4, -0.2) is 65.8 Å². The molecule has 0 radical (unpaired) electrons. The molecule has 2 aliphatic rings. The largest absolute Gasteiger partial charge is 0.481 e. The number of carboxylic acid groups (broad SMARTS) is 1. The maximum Gasteiger partial charge on any atom is 0.306 e. The summed E-state index contributed by atoms with van der Waals surface area (Å²) in [6.07, 6.45) is 0.771. The molecule has 0 amide bonds. The van der Waals surface area contributed by atoms with Gasteiger partial charge in [-0.2, -0.15) is 0 Å². The third kappa shape index (κ3) is 3.38. The van der Waals surface area contributed by atoms with Gasteiger partial charge in [0, 0.05) is 13.0 Å². The van der Waals surface area contributed by atoms with E-state index in [-0.39, 0.29) is 6.42 Å². The Morgan fingerprint density at radius 1 is 1.41 bits per heavy atom. The smallest absolute Gasteiger partial charge is 0.306 e. The van der Waals surface area contributed by atoms with E-state index in [0.29, 0.717) is 26.3 Å². The highest BCUT2D eigenvalue weighted by atomic mass is 16.7. The predicted octanol–water partition coefficient (Wildman–Crippen LogP) is -0.339. The Bertz CT molecular complexity index is 277. The summed E-state index contributed by atoms with van der Waals surface area (Å²) in [6.45, 7) is 3.06. The molecule has 6 nitrogen and oxygen atoms in total. The standard InChI is InChI=1S/C11H19NO5/c13-9(6-10(14)15)7-12-3-1-2-11(8-12)16-4-5-17-11/h9,13H,1-8H2,(H,14,15). The van der Waals surface area contributed by atoms with Crippen molar-refractivity contribution in [2.45, 2.75) is 31.2 Å². The number of aliphatic carboxylic acids is 1. The van der Waals surface area contributed by atoms with Gasteiger partial charge >= 0.3 is 5.97 Å². The molecule has 0 saturated carbocycles. The van der Waals surface area contributed by atoms with Gasteiger partial charge in [-0.05, 0) is 13.0 Å². The van der Waals surface area contributed by atoms with Crippen molar-refractivity contribution < 1.29 is 24.5 Å². The zero-order valence-electron chi connectivity index (χ0n) is 9.80. The van der Waals surface area contributed by atoms with Crippen LogP contribution in [0.5, 0.6) is 0 Å². The first-order valence-electron chi connectivity index (χ1n) is 6.00. The average Bonchev–Trinajstić information content (AvgIpc) is 2.64. The molecule has 2 rings (SSSR count). The van der Waals surface area contributed by atoms with Crippen LogP contribution in [0.3, 0.4) is 0 Å². The van der Waals surface area contributed by atoms with Crippen molar-refractivity contribution in [1.29, 1.82) is 0 Å². The molecule has 0 aromatic heterocycles. The van der Waals surface area contributed by atoms with Crippen LogP contribution in [-0.2, 0) is 14.3 Å². The van der Waals surface area contributed by atoms with Crippen LogP contribution in [0.4, 0.5) is 0 Å². The Labute approximate surface area is 100 Å². The van der Waals surface area contributed by atoms with E-state index in [0.717, 1.165) is 19.4 Å². The molecule has 0 aromatic rings. The Morgan fingerprint density at radius 2 is 2.12 bits per heavy atom. The summed E-state index contributed by atoms with van der Waals surface area (Å²) in [5.41, 5.74) is 0. The molecule has 1 unspecified atom stereocenters. The van der Waals surface area contributed by atoms with Gasteiger partial charge in [0.15, 0.2) is 5.79 Å². The monoisotopic (exact) mass is 245 g/mol. The summed E-state index contributed by atoms with van der Waals surface area (Å²) >= 11 is 0. The summed E-state index contributed by atoms with van der Waals surface area (Å²) in [5.74, 6) is -1.49. The van der Waals surface area contributed by atoms with Gasteiger partial charge in [0.25, 0.3) is 0 Å². The number of hydrogen-bond donors (Lipinski definition) is 2. The number of hydrogen-bond acceptors (Lipinski definition) is 5. The molecule has 1 spiro atoms. The van der Waals surface area contributed by atoms with Crippen LogP contribution < -0.4 is 0 Å². The van der Waals surface area contributed by atoms with E-state index in [9.17, 15) is 9.90 Å². The normalized spacial score (nSPS) is 26.2. The third-order valence-electron chi connectivity index (χ3n) is 3.19. The molecule has 2 N–H and O–H groups in total. The minimum atomic E-state index is -0.974.